The zero-order valence-electron chi connectivity index (χ0n) is 11.4. The summed E-state index contributed by atoms with van der Waals surface area (Å²) >= 11 is 5.98. The standard InChI is InChI=1S/C16H12ClN3O2/c17-14-15(18)19-10-20-16(14)22-13-8-6-12(7-9-13)21-11-4-2-1-3-5-11/h1-10H,(H2,18,19,20). The van der Waals surface area contributed by atoms with E-state index in [1.165, 1.54) is 6.33 Å². The lowest BCUT2D eigenvalue weighted by atomic mass is 10.3. The van der Waals surface area contributed by atoms with E-state index >= 15 is 0 Å². The number of hydrogen-bond donors (Lipinski definition) is 1. The van der Waals surface area contributed by atoms with Gasteiger partial charge in [0.2, 0.25) is 5.88 Å². The molecular weight excluding hydrogens is 302 g/mol. The zero-order chi connectivity index (χ0) is 15.4. The van der Waals surface area contributed by atoms with Crippen LogP contribution in [0, 0.1) is 0 Å². The van der Waals surface area contributed by atoms with Crippen molar-refractivity contribution in [1.29, 1.82) is 0 Å². The molecule has 22 heavy (non-hydrogen) atoms. The van der Waals surface area contributed by atoms with Crippen molar-refractivity contribution in [3.05, 3.63) is 65.9 Å². The Balaban J connectivity index is 1.73. The predicted molar refractivity (Wildman–Crippen MR) is 84.5 cm³/mol. The molecule has 5 nitrogen and oxygen atoms in total. The average Bonchev–Trinajstić information content (AvgIpc) is 2.55. The highest BCUT2D eigenvalue weighted by atomic mass is 35.5. The second-order valence-corrected chi connectivity index (χ2v) is 4.74. The fourth-order valence-corrected chi connectivity index (χ4v) is 1.89. The molecular formula is C16H12ClN3O2. The van der Waals surface area contributed by atoms with Crippen molar-refractivity contribution in [2.45, 2.75) is 0 Å². The molecule has 110 valence electrons. The molecule has 0 spiro atoms. The summed E-state index contributed by atoms with van der Waals surface area (Å²) in [5.41, 5.74) is 5.60. The summed E-state index contributed by atoms with van der Waals surface area (Å²) in [5.74, 6) is 2.43. The molecule has 0 unspecified atom stereocenters. The monoisotopic (exact) mass is 313 g/mol. The van der Waals surface area contributed by atoms with E-state index in [0.29, 0.717) is 11.5 Å². The number of aromatic nitrogens is 2. The number of anilines is 1. The maximum absolute atomic E-state index is 5.98. The van der Waals surface area contributed by atoms with Crippen LogP contribution >= 0.6 is 11.6 Å². The minimum Gasteiger partial charge on any atom is -0.457 e. The average molecular weight is 314 g/mol. The summed E-state index contributed by atoms with van der Waals surface area (Å²) in [6.07, 6.45) is 1.30. The quantitative estimate of drug-likeness (QED) is 0.777. The normalized spacial score (nSPS) is 10.2. The first kappa shape index (κ1) is 14.2. The first-order chi connectivity index (χ1) is 10.7. The van der Waals surface area contributed by atoms with E-state index in [4.69, 9.17) is 26.8 Å². The van der Waals surface area contributed by atoms with Gasteiger partial charge in [-0.3, -0.25) is 0 Å². The number of nitrogen functional groups attached to an aromatic ring is 1. The predicted octanol–water partition coefficient (Wildman–Crippen LogP) is 4.30. The molecule has 6 heteroatoms. The van der Waals surface area contributed by atoms with Crippen LogP contribution in [0.2, 0.25) is 5.02 Å². The molecule has 0 saturated heterocycles. The summed E-state index contributed by atoms with van der Waals surface area (Å²) in [6, 6.07) is 16.6. The summed E-state index contributed by atoms with van der Waals surface area (Å²) in [5, 5.41) is 0.187. The van der Waals surface area contributed by atoms with Crippen LogP contribution in [0.4, 0.5) is 5.82 Å². The smallest absolute Gasteiger partial charge is 0.243 e. The third-order valence-electron chi connectivity index (χ3n) is 2.80. The van der Waals surface area contributed by atoms with Crippen molar-refractivity contribution in [2.24, 2.45) is 0 Å². The second-order valence-electron chi connectivity index (χ2n) is 4.37. The fraction of sp³-hybridized carbons (Fsp3) is 0. The minimum absolute atomic E-state index is 0.177. The maximum atomic E-state index is 5.98. The molecule has 0 saturated carbocycles. The van der Waals surface area contributed by atoms with Crippen molar-refractivity contribution < 1.29 is 9.47 Å². The van der Waals surface area contributed by atoms with Gasteiger partial charge in [0.1, 0.15) is 34.4 Å². The van der Waals surface area contributed by atoms with Gasteiger partial charge >= 0.3 is 0 Å². The molecule has 0 aliphatic rings. The number of para-hydroxylation sites is 1. The van der Waals surface area contributed by atoms with Gasteiger partial charge in [-0.05, 0) is 36.4 Å². The number of benzene rings is 2. The van der Waals surface area contributed by atoms with Crippen molar-refractivity contribution in [3.8, 4) is 23.1 Å². The van der Waals surface area contributed by atoms with E-state index < -0.39 is 0 Å². The zero-order valence-corrected chi connectivity index (χ0v) is 12.2. The second kappa shape index (κ2) is 6.32. The van der Waals surface area contributed by atoms with Gasteiger partial charge in [0.15, 0.2) is 0 Å². The molecule has 0 atom stereocenters. The van der Waals surface area contributed by atoms with Gasteiger partial charge in [-0.25, -0.2) is 4.98 Å². The number of halogens is 1. The minimum atomic E-state index is 0.177. The number of nitrogens with zero attached hydrogens (tertiary/aromatic N) is 2. The Hall–Kier alpha value is -2.79. The Bertz CT molecular complexity index is 764. The van der Waals surface area contributed by atoms with E-state index in [-0.39, 0.29) is 16.7 Å². The lowest BCUT2D eigenvalue weighted by Gasteiger charge is -2.09. The topological polar surface area (TPSA) is 70.3 Å². The summed E-state index contributed by atoms with van der Waals surface area (Å²) < 4.78 is 11.3. The van der Waals surface area contributed by atoms with Gasteiger partial charge in [-0.15, -0.1) is 0 Å². The van der Waals surface area contributed by atoms with Crippen LogP contribution in [-0.2, 0) is 0 Å². The van der Waals surface area contributed by atoms with E-state index in [0.717, 1.165) is 5.75 Å². The maximum Gasteiger partial charge on any atom is 0.243 e. The first-order valence-electron chi connectivity index (χ1n) is 6.49. The molecule has 1 aromatic heterocycles. The lowest BCUT2D eigenvalue weighted by Crippen LogP contribution is -1.96. The van der Waals surface area contributed by atoms with E-state index in [1.807, 2.05) is 30.3 Å². The van der Waals surface area contributed by atoms with E-state index in [2.05, 4.69) is 9.97 Å². The fourth-order valence-electron chi connectivity index (χ4n) is 1.75. The summed E-state index contributed by atoms with van der Waals surface area (Å²) in [4.78, 5) is 7.72. The molecule has 2 N–H and O–H groups in total. The molecule has 0 radical (unpaired) electrons. The largest absolute Gasteiger partial charge is 0.457 e. The summed E-state index contributed by atoms with van der Waals surface area (Å²) in [6.45, 7) is 0. The Morgan fingerprint density at radius 3 is 2.05 bits per heavy atom. The molecule has 2 aromatic carbocycles. The first-order valence-corrected chi connectivity index (χ1v) is 6.87. The van der Waals surface area contributed by atoms with Crippen molar-refractivity contribution in [2.75, 3.05) is 5.73 Å². The van der Waals surface area contributed by atoms with Crippen molar-refractivity contribution in [3.63, 3.8) is 0 Å². The van der Waals surface area contributed by atoms with Crippen LogP contribution in [0.3, 0.4) is 0 Å². The Kier molecular flexibility index (Phi) is 4.07. The molecule has 0 amide bonds. The Labute approximate surface area is 132 Å². The number of hydrogen-bond acceptors (Lipinski definition) is 5. The molecule has 0 fully saturated rings. The van der Waals surface area contributed by atoms with Crippen molar-refractivity contribution >= 4 is 17.4 Å². The molecule has 1 heterocycles. The van der Waals surface area contributed by atoms with Gasteiger partial charge in [-0.1, -0.05) is 29.8 Å². The van der Waals surface area contributed by atoms with Crippen LogP contribution in [0.15, 0.2) is 60.9 Å². The third kappa shape index (κ3) is 3.27. The Morgan fingerprint density at radius 2 is 1.36 bits per heavy atom. The SMILES string of the molecule is Nc1ncnc(Oc2ccc(Oc3ccccc3)cc2)c1Cl. The summed E-state index contributed by atoms with van der Waals surface area (Å²) in [7, 11) is 0. The molecule has 3 aromatic rings. The number of nitrogens with two attached hydrogens (primary N) is 1. The highest BCUT2D eigenvalue weighted by Gasteiger charge is 2.09. The van der Waals surface area contributed by atoms with Gasteiger partial charge in [0, 0.05) is 0 Å². The van der Waals surface area contributed by atoms with Crippen LogP contribution in [-0.4, -0.2) is 9.97 Å². The van der Waals surface area contributed by atoms with Gasteiger partial charge < -0.3 is 15.2 Å². The van der Waals surface area contributed by atoms with Gasteiger partial charge in [0.05, 0.1) is 0 Å². The van der Waals surface area contributed by atoms with E-state index in [9.17, 15) is 0 Å². The Morgan fingerprint density at radius 1 is 0.773 bits per heavy atom. The lowest BCUT2D eigenvalue weighted by molar-refractivity contribution is 0.456. The van der Waals surface area contributed by atoms with Crippen LogP contribution < -0.4 is 15.2 Å². The van der Waals surface area contributed by atoms with E-state index in [1.54, 1.807) is 24.3 Å². The number of ether oxygens (including phenoxy) is 2. The van der Waals surface area contributed by atoms with Crippen LogP contribution in [0.25, 0.3) is 0 Å². The molecule has 0 bridgehead atoms. The van der Waals surface area contributed by atoms with Gasteiger partial charge in [0.25, 0.3) is 0 Å². The van der Waals surface area contributed by atoms with Crippen LogP contribution in [0.5, 0.6) is 23.1 Å². The van der Waals surface area contributed by atoms with Crippen LogP contribution in [0.1, 0.15) is 0 Å². The number of rotatable bonds is 4. The molecule has 3 rings (SSSR count). The molecule has 0 aliphatic heterocycles. The highest BCUT2D eigenvalue weighted by molar-refractivity contribution is 6.34. The van der Waals surface area contributed by atoms with Crippen molar-refractivity contribution in [1.82, 2.24) is 9.97 Å². The third-order valence-corrected chi connectivity index (χ3v) is 3.16. The molecule has 0 aliphatic carbocycles. The van der Waals surface area contributed by atoms with Gasteiger partial charge in [-0.2, -0.15) is 4.98 Å². The highest BCUT2D eigenvalue weighted by Crippen LogP contribution is 2.31.